The molecule has 0 radical (unpaired) electrons. The van der Waals surface area contributed by atoms with Gasteiger partial charge in [-0.05, 0) is 12.8 Å². The first-order valence-electron chi connectivity index (χ1n) is 5.08. The molecule has 1 aromatic heterocycles. The molecule has 1 saturated carbocycles. The summed E-state index contributed by atoms with van der Waals surface area (Å²) in [4.78, 5) is 0. The van der Waals surface area contributed by atoms with Crippen LogP contribution in [0.5, 0.6) is 0 Å². The zero-order chi connectivity index (χ0) is 10.5. The first kappa shape index (κ1) is 9.21. The monoisotopic (exact) mass is 215 g/mol. The van der Waals surface area contributed by atoms with Gasteiger partial charge in [-0.2, -0.15) is 0 Å². The third-order valence-electron chi connectivity index (χ3n) is 2.79. The molecule has 82 valence electrons. The van der Waals surface area contributed by atoms with Crippen LogP contribution in [-0.4, -0.2) is 22.7 Å². The van der Waals surface area contributed by atoms with Crippen molar-refractivity contribution in [2.75, 3.05) is 6.54 Å². The molecule has 2 fully saturated rings. The predicted molar refractivity (Wildman–Crippen MR) is 46.6 cm³/mol. The first-order chi connectivity index (χ1) is 7.14. The lowest BCUT2D eigenvalue weighted by Crippen LogP contribution is -2.19. The Morgan fingerprint density at radius 2 is 2.00 bits per heavy atom. The van der Waals surface area contributed by atoms with Crippen LogP contribution in [0.3, 0.4) is 0 Å². The Balaban J connectivity index is 1.75. The summed E-state index contributed by atoms with van der Waals surface area (Å²) in [7, 11) is 0. The van der Waals surface area contributed by atoms with Gasteiger partial charge >= 0.3 is 0 Å². The van der Waals surface area contributed by atoms with Crippen molar-refractivity contribution in [3.8, 4) is 0 Å². The SMILES string of the molecule is FC1(F)CN[C@H](c2nnc(C3CC3)o2)C1. The maximum absolute atomic E-state index is 12.9. The lowest BCUT2D eigenvalue weighted by atomic mass is 10.2. The molecule has 0 aromatic carbocycles. The Kier molecular flexibility index (Phi) is 1.83. The molecule has 1 atom stereocenters. The van der Waals surface area contributed by atoms with Crippen molar-refractivity contribution in [1.82, 2.24) is 15.5 Å². The molecule has 0 bridgehead atoms. The molecule has 0 spiro atoms. The van der Waals surface area contributed by atoms with Crippen LogP contribution in [0.25, 0.3) is 0 Å². The van der Waals surface area contributed by atoms with Gasteiger partial charge in [0, 0.05) is 12.3 Å². The van der Waals surface area contributed by atoms with Crippen LogP contribution in [0.4, 0.5) is 8.78 Å². The highest BCUT2D eigenvalue weighted by Crippen LogP contribution is 2.40. The van der Waals surface area contributed by atoms with Gasteiger partial charge in [0.15, 0.2) is 0 Å². The zero-order valence-electron chi connectivity index (χ0n) is 8.04. The number of nitrogens with one attached hydrogen (secondary N) is 1. The smallest absolute Gasteiger partial charge is 0.262 e. The second-order valence-electron chi connectivity index (χ2n) is 4.25. The summed E-state index contributed by atoms with van der Waals surface area (Å²) in [5, 5.41) is 10.4. The standard InChI is InChI=1S/C9H11F2N3O/c10-9(11)3-6(12-4-9)8-14-13-7(15-8)5-1-2-5/h5-6,12H,1-4H2/t6-/m0/s1. The van der Waals surface area contributed by atoms with Crippen molar-refractivity contribution in [3.05, 3.63) is 11.8 Å². The molecule has 1 aromatic rings. The topological polar surface area (TPSA) is 51.0 Å². The lowest BCUT2D eigenvalue weighted by molar-refractivity contribution is 0.0202. The number of aromatic nitrogens is 2. The number of hydrogen-bond acceptors (Lipinski definition) is 4. The van der Waals surface area contributed by atoms with E-state index in [4.69, 9.17) is 4.42 Å². The molecule has 0 unspecified atom stereocenters. The van der Waals surface area contributed by atoms with Crippen LogP contribution in [0.15, 0.2) is 4.42 Å². The quantitative estimate of drug-likeness (QED) is 0.814. The van der Waals surface area contributed by atoms with E-state index in [-0.39, 0.29) is 13.0 Å². The van der Waals surface area contributed by atoms with Crippen molar-refractivity contribution in [1.29, 1.82) is 0 Å². The second kappa shape index (κ2) is 2.98. The molecule has 1 aliphatic carbocycles. The van der Waals surface area contributed by atoms with E-state index in [1.807, 2.05) is 0 Å². The number of halogens is 2. The maximum Gasteiger partial charge on any atom is 0.262 e. The third kappa shape index (κ3) is 1.73. The van der Waals surface area contributed by atoms with Gasteiger partial charge < -0.3 is 4.42 Å². The van der Waals surface area contributed by atoms with Crippen molar-refractivity contribution in [2.45, 2.75) is 37.1 Å². The lowest BCUT2D eigenvalue weighted by Gasteiger charge is -2.04. The molecule has 6 heteroatoms. The van der Waals surface area contributed by atoms with E-state index in [1.54, 1.807) is 0 Å². The number of alkyl halides is 2. The Morgan fingerprint density at radius 3 is 2.60 bits per heavy atom. The first-order valence-corrected chi connectivity index (χ1v) is 5.08. The Labute approximate surface area is 85.1 Å². The maximum atomic E-state index is 12.9. The van der Waals surface area contributed by atoms with Gasteiger partial charge in [0.05, 0.1) is 12.6 Å². The van der Waals surface area contributed by atoms with Crippen molar-refractivity contribution < 1.29 is 13.2 Å². The summed E-state index contributed by atoms with van der Waals surface area (Å²) >= 11 is 0. The predicted octanol–water partition coefficient (Wildman–Crippen LogP) is 1.62. The molecule has 4 nitrogen and oxygen atoms in total. The van der Waals surface area contributed by atoms with Gasteiger partial charge in [-0.25, -0.2) is 8.78 Å². The van der Waals surface area contributed by atoms with Gasteiger partial charge in [0.2, 0.25) is 11.8 Å². The van der Waals surface area contributed by atoms with Gasteiger partial charge in [0.1, 0.15) is 0 Å². The normalized spacial score (nSPS) is 29.6. The van der Waals surface area contributed by atoms with Gasteiger partial charge in [0.25, 0.3) is 5.92 Å². The highest BCUT2D eigenvalue weighted by molar-refractivity contribution is 5.03. The summed E-state index contributed by atoms with van der Waals surface area (Å²) in [6, 6.07) is -0.486. The summed E-state index contributed by atoms with van der Waals surface area (Å²) in [5.41, 5.74) is 0. The Bertz CT molecular complexity index is 375. The second-order valence-corrected chi connectivity index (χ2v) is 4.25. The number of hydrogen-bond donors (Lipinski definition) is 1. The minimum Gasteiger partial charge on any atom is -0.423 e. The van der Waals surface area contributed by atoms with E-state index in [2.05, 4.69) is 15.5 Å². The van der Waals surface area contributed by atoms with Crippen LogP contribution in [0.2, 0.25) is 0 Å². The van der Waals surface area contributed by atoms with E-state index < -0.39 is 12.0 Å². The van der Waals surface area contributed by atoms with Crippen LogP contribution in [-0.2, 0) is 0 Å². The van der Waals surface area contributed by atoms with Gasteiger partial charge in [-0.1, -0.05) is 0 Å². The van der Waals surface area contributed by atoms with E-state index >= 15 is 0 Å². The van der Waals surface area contributed by atoms with E-state index in [0.717, 1.165) is 12.8 Å². The molecule has 1 N–H and O–H groups in total. The van der Waals surface area contributed by atoms with Crippen molar-refractivity contribution in [2.24, 2.45) is 0 Å². The molecule has 2 aliphatic rings. The minimum atomic E-state index is -2.65. The van der Waals surface area contributed by atoms with Crippen LogP contribution in [0.1, 0.15) is 43.0 Å². The van der Waals surface area contributed by atoms with Crippen LogP contribution < -0.4 is 5.32 Å². The number of rotatable bonds is 2. The Morgan fingerprint density at radius 1 is 1.27 bits per heavy atom. The Hall–Kier alpha value is -1.04. The molecular weight excluding hydrogens is 204 g/mol. The highest BCUT2D eigenvalue weighted by atomic mass is 19.3. The van der Waals surface area contributed by atoms with Crippen molar-refractivity contribution >= 4 is 0 Å². The third-order valence-corrected chi connectivity index (χ3v) is 2.79. The fourth-order valence-electron chi connectivity index (χ4n) is 1.77. The molecule has 2 heterocycles. The van der Waals surface area contributed by atoms with Crippen molar-refractivity contribution in [3.63, 3.8) is 0 Å². The van der Waals surface area contributed by atoms with Crippen LogP contribution >= 0.6 is 0 Å². The summed E-state index contributed by atoms with van der Waals surface area (Å²) in [6.45, 7) is -0.307. The van der Waals surface area contributed by atoms with Gasteiger partial charge in [-0.15, -0.1) is 10.2 Å². The minimum absolute atomic E-state index is 0.251. The summed E-state index contributed by atoms with van der Waals surface area (Å²) < 4.78 is 31.2. The molecule has 1 aliphatic heterocycles. The molecule has 3 rings (SSSR count). The largest absolute Gasteiger partial charge is 0.423 e. The van der Waals surface area contributed by atoms with Crippen LogP contribution in [0, 0.1) is 0 Å². The van der Waals surface area contributed by atoms with E-state index in [0.29, 0.717) is 17.7 Å². The number of nitrogens with zero attached hydrogens (tertiary/aromatic N) is 2. The summed E-state index contributed by atoms with van der Waals surface area (Å²) in [6.07, 6.45) is 1.88. The van der Waals surface area contributed by atoms with Gasteiger partial charge in [-0.3, -0.25) is 5.32 Å². The average Bonchev–Trinajstić information content (AvgIpc) is 2.79. The van der Waals surface area contributed by atoms with E-state index in [1.165, 1.54) is 0 Å². The highest BCUT2D eigenvalue weighted by Gasteiger charge is 2.42. The molecule has 1 saturated heterocycles. The zero-order valence-corrected chi connectivity index (χ0v) is 8.04. The average molecular weight is 215 g/mol. The molecule has 15 heavy (non-hydrogen) atoms. The molecule has 0 amide bonds. The fourth-order valence-corrected chi connectivity index (χ4v) is 1.77. The van der Waals surface area contributed by atoms with E-state index in [9.17, 15) is 8.78 Å². The fraction of sp³-hybridized carbons (Fsp3) is 0.778. The summed E-state index contributed by atoms with van der Waals surface area (Å²) in [5.74, 6) is -1.39. The molecular formula is C9H11F2N3O.